The predicted octanol–water partition coefficient (Wildman–Crippen LogP) is 2.96. The number of ether oxygens (including phenoxy) is 2. The molecule has 1 fully saturated rings. The third-order valence-electron chi connectivity index (χ3n) is 3.61. The number of aryl methyl sites for hydroxylation is 1. The minimum Gasteiger partial charge on any atom is -0.491 e. The molecule has 2 unspecified atom stereocenters. The van der Waals surface area contributed by atoms with E-state index in [0.717, 1.165) is 31.9 Å². The largest absolute Gasteiger partial charge is 0.491 e. The molecule has 2 atom stereocenters. The van der Waals surface area contributed by atoms with Gasteiger partial charge in [0.05, 0.1) is 19.3 Å². The van der Waals surface area contributed by atoms with E-state index in [1.807, 2.05) is 19.9 Å². The second-order valence-electron chi connectivity index (χ2n) is 6.15. The van der Waals surface area contributed by atoms with Gasteiger partial charge in [-0.05, 0) is 57.9 Å². The van der Waals surface area contributed by atoms with Gasteiger partial charge in [-0.1, -0.05) is 0 Å². The molecule has 1 aromatic carbocycles. The lowest BCUT2D eigenvalue weighted by Gasteiger charge is -2.27. The molecular formula is C17H28N2O2. The fourth-order valence-corrected chi connectivity index (χ4v) is 2.67. The quantitative estimate of drug-likeness (QED) is 0.846. The fraction of sp³-hybridized carbons (Fsp3) is 0.647. The summed E-state index contributed by atoms with van der Waals surface area (Å²) < 4.78 is 11.2. The van der Waals surface area contributed by atoms with E-state index >= 15 is 0 Å². The molecule has 1 saturated heterocycles. The summed E-state index contributed by atoms with van der Waals surface area (Å²) in [4.78, 5) is 0. The minimum atomic E-state index is 0.208. The molecule has 1 aliphatic heterocycles. The highest BCUT2D eigenvalue weighted by Crippen LogP contribution is 2.23. The number of benzene rings is 1. The van der Waals surface area contributed by atoms with E-state index in [9.17, 15) is 0 Å². The van der Waals surface area contributed by atoms with Gasteiger partial charge in [0, 0.05) is 24.3 Å². The normalized spacial score (nSPS) is 20.3. The van der Waals surface area contributed by atoms with Gasteiger partial charge in [-0.3, -0.25) is 0 Å². The Hall–Kier alpha value is -1.26. The summed E-state index contributed by atoms with van der Waals surface area (Å²) in [5, 5.41) is 7.08. The number of anilines is 1. The highest BCUT2D eigenvalue weighted by Gasteiger charge is 2.16. The standard InChI is InChI=1S/C17H28N2O2/c1-12(2)21-16-5-6-17(13(3)9-16)19-14(4)10-15-11-20-8-7-18-15/h5-6,9,12,14-15,18-19H,7-8,10-11H2,1-4H3. The molecule has 2 rings (SSSR count). The van der Waals surface area contributed by atoms with Gasteiger partial charge in [0.2, 0.25) is 0 Å². The molecule has 0 saturated carbocycles. The fourth-order valence-electron chi connectivity index (χ4n) is 2.67. The van der Waals surface area contributed by atoms with Gasteiger partial charge in [-0.2, -0.15) is 0 Å². The van der Waals surface area contributed by atoms with Crippen LogP contribution in [0.15, 0.2) is 18.2 Å². The highest BCUT2D eigenvalue weighted by molar-refractivity contribution is 5.54. The second kappa shape index (κ2) is 7.66. The summed E-state index contributed by atoms with van der Waals surface area (Å²) in [6.07, 6.45) is 1.27. The van der Waals surface area contributed by atoms with Gasteiger partial charge in [0.15, 0.2) is 0 Å². The van der Waals surface area contributed by atoms with Crippen LogP contribution in [-0.4, -0.2) is 37.9 Å². The number of morpholine rings is 1. The lowest BCUT2D eigenvalue weighted by Crippen LogP contribution is -2.43. The Labute approximate surface area is 128 Å². The molecule has 0 radical (unpaired) electrons. The molecule has 21 heavy (non-hydrogen) atoms. The first kappa shape index (κ1) is 16.1. The van der Waals surface area contributed by atoms with Crippen molar-refractivity contribution in [3.8, 4) is 5.75 Å². The smallest absolute Gasteiger partial charge is 0.120 e. The van der Waals surface area contributed by atoms with Crippen LogP contribution in [0.25, 0.3) is 0 Å². The van der Waals surface area contributed by atoms with Gasteiger partial charge in [0.25, 0.3) is 0 Å². The molecule has 118 valence electrons. The summed E-state index contributed by atoms with van der Waals surface area (Å²) in [7, 11) is 0. The number of nitrogens with one attached hydrogen (secondary N) is 2. The third kappa shape index (κ3) is 5.21. The topological polar surface area (TPSA) is 42.5 Å². The maximum Gasteiger partial charge on any atom is 0.120 e. The van der Waals surface area contributed by atoms with Crippen LogP contribution in [0.4, 0.5) is 5.69 Å². The van der Waals surface area contributed by atoms with E-state index in [1.54, 1.807) is 0 Å². The third-order valence-corrected chi connectivity index (χ3v) is 3.61. The second-order valence-corrected chi connectivity index (χ2v) is 6.15. The average Bonchev–Trinajstić information content (AvgIpc) is 2.42. The van der Waals surface area contributed by atoms with Crippen LogP contribution in [-0.2, 0) is 4.74 Å². The van der Waals surface area contributed by atoms with Crippen molar-refractivity contribution >= 4 is 5.69 Å². The molecule has 1 heterocycles. The van der Waals surface area contributed by atoms with Crippen LogP contribution < -0.4 is 15.4 Å². The molecule has 0 amide bonds. The van der Waals surface area contributed by atoms with Crippen LogP contribution in [0, 0.1) is 6.92 Å². The van der Waals surface area contributed by atoms with Crippen LogP contribution in [0.1, 0.15) is 32.8 Å². The first-order valence-electron chi connectivity index (χ1n) is 7.89. The van der Waals surface area contributed by atoms with Crippen molar-refractivity contribution in [3.63, 3.8) is 0 Å². The lowest BCUT2D eigenvalue weighted by atomic mass is 10.1. The van der Waals surface area contributed by atoms with Gasteiger partial charge in [-0.15, -0.1) is 0 Å². The Bertz CT molecular complexity index is 442. The zero-order valence-electron chi connectivity index (χ0n) is 13.6. The van der Waals surface area contributed by atoms with Gasteiger partial charge in [0.1, 0.15) is 5.75 Å². The van der Waals surface area contributed by atoms with Gasteiger partial charge in [-0.25, -0.2) is 0 Å². The van der Waals surface area contributed by atoms with Crippen molar-refractivity contribution in [2.24, 2.45) is 0 Å². The van der Waals surface area contributed by atoms with Crippen molar-refractivity contribution in [3.05, 3.63) is 23.8 Å². The molecule has 0 aliphatic carbocycles. The number of hydrogen-bond donors (Lipinski definition) is 2. The van der Waals surface area contributed by atoms with Crippen LogP contribution >= 0.6 is 0 Å². The Morgan fingerprint density at radius 2 is 2.19 bits per heavy atom. The molecule has 0 spiro atoms. The number of rotatable bonds is 6. The summed E-state index contributed by atoms with van der Waals surface area (Å²) in [5.41, 5.74) is 2.39. The summed E-state index contributed by atoms with van der Waals surface area (Å²) in [6.45, 7) is 11.0. The zero-order chi connectivity index (χ0) is 15.2. The zero-order valence-corrected chi connectivity index (χ0v) is 13.6. The van der Waals surface area contributed by atoms with Crippen LogP contribution in [0.2, 0.25) is 0 Å². The van der Waals surface area contributed by atoms with Crippen molar-refractivity contribution < 1.29 is 9.47 Å². The van der Waals surface area contributed by atoms with Gasteiger partial charge >= 0.3 is 0 Å². The summed E-state index contributed by atoms with van der Waals surface area (Å²) in [5.74, 6) is 0.933. The molecule has 1 aliphatic rings. The Balaban J connectivity index is 1.89. The summed E-state index contributed by atoms with van der Waals surface area (Å²) in [6, 6.07) is 7.08. The first-order valence-corrected chi connectivity index (χ1v) is 7.89. The first-order chi connectivity index (χ1) is 10.0. The molecule has 4 heteroatoms. The van der Waals surface area contributed by atoms with E-state index in [1.165, 1.54) is 11.3 Å². The Morgan fingerprint density at radius 1 is 1.38 bits per heavy atom. The number of hydrogen-bond acceptors (Lipinski definition) is 4. The maximum atomic E-state index is 5.72. The Kier molecular flexibility index (Phi) is 5.88. The van der Waals surface area contributed by atoms with E-state index in [0.29, 0.717) is 12.1 Å². The highest BCUT2D eigenvalue weighted by atomic mass is 16.5. The molecule has 2 N–H and O–H groups in total. The maximum absolute atomic E-state index is 5.72. The van der Waals surface area contributed by atoms with E-state index in [4.69, 9.17) is 9.47 Å². The van der Waals surface area contributed by atoms with E-state index in [2.05, 4.69) is 36.6 Å². The molecule has 0 bridgehead atoms. The van der Waals surface area contributed by atoms with Gasteiger partial charge < -0.3 is 20.1 Å². The molecule has 0 aromatic heterocycles. The van der Waals surface area contributed by atoms with Crippen molar-refractivity contribution in [2.45, 2.75) is 52.3 Å². The van der Waals surface area contributed by atoms with Crippen molar-refractivity contribution in [1.29, 1.82) is 0 Å². The minimum absolute atomic E-state index is 0.208. The molecule has 4 nitrogen and oxygen atoms in total. The van der Waals surface area contributed by atoms with E-state index in [-0.39, 0.29) is 6.10 Å². The monoisotopic (exact) mass is 292 g/mol. The molecular weight excluding hydrogens is 264 g/mol. The average molecular weight is 292 g/mol. The molecule has 1 aromatic rings. The van der Waals surface area contributed by atoms with Crippen LogP contribution in [0.5, 0.6) is 5.75 Å². The predicted molar refractivity (Wildman–Crippen MR) is 87.3 cm³/mol. The summed E-state index contributed by atoms with van der Waals surface area (Å²) >= 11 is 0. The van der Waals surface area contributed by atoms with E-state index < -0.39 is 0 Å². The van der Waals surface area contributed by atoms with Crippen molar-refractivity contribution in [2.75, 3.05) is 25.1 Å². The Morgan fingerprint density at radius 3 is 2.81 bits per heavy atom. The van der Waals surface area contributed by atoms with Crippen LogP contribution in [0.3, 0.4) is 0 Å². The lowest BCUT2D eigenvalue weighted by molar-refractivity contribution is 0.0731. The van der Waals surface area contributed by atoms with Crippen molar-refractivity contribution in [1.82, 2.24) is 5.32 Å². The SMILES string of the molecule is Cc1cc(OC(C)C)ccc1NC(C)CC1COCCN1.